The van der Waals surface area contributed by atoms with E-state index >= 15 is 0 Å². The van der Waals surface area contributed by atoms with Gasteiger partial charge in [0, 0.05) is 38.6 Å². The van der Waals surface area contributed by atoms with E-state index in [1.807, 2.05) is 11.9 Å². The predicted octanol–water partition coefficient (Wildman–Crippen LogP) is -0.402. The van der Waals surface area contributed by atoms with Gasteiger partial charge in [-0.2, -0.15) is 0 Å². The Morgan fingerprint density at radius 2 is 2.06 bits per heavy atom. The molecule has 0 spiro atoms. The molecule has 1 aromatic heterocycles. The maximum atomic E-state index is 9.88. The van der Waals surface area contributed by atoms with E-state index in [4.69, 9.17) is 4.74 Å². The van der Waals surface area contributed by atoms with E-state index in [0.717, 1.165) is 13.1 Å². The number of anilines is 1. The Morgan fingerprint density at radius 1 is 1.29 bits per heavy atom. The van der Waals surface area contributed by atoms with Gasteiger partial charge in [0.05, 0.1) is 13.2 Å². The highest BCUT2D eigenvalue weighted by Crippen LogP contribution is 2.22. The second-order valence-corrected chi connectivity index (χ2v) is 4.25. The van der Waals surface area contributed by atoms with Crippen LogP contribution in [-0.2, 0) is 0 Å². The number of aromatic nitrogens is 2. The SMILES string of the molecule is COc1nccnc1N1CCN(C)CC(O)C1. The summed E-state index contributed by atoms with van der Waals surface area (Å²) in [6.45, 7) is 2.93. The molecule has 0 radical (unpaired) electrons. The molecule has 2 rings (SSSR count). The highest BCUT2D eigenvalue weighted by Gasteiger charge is 2.22. The monoisotopic (exact) mass is 238 g/mol. The van der Waals surface area contributed by atoms with Crippen molar-refractivity contribution >= 4 is 5.82 Å². The summed E-state index contributed by atoms with van der Waals surface area (Å²) in [6, 6.07) is 0. The molecule has 1 unspecified atom stereocenters. The van der Waals surface area contributed by atoms with Gasteiger partial charge < -0.3 is 19.6 Å². The Kier molecular flexibility index (Phi) is 3.75. The molecule has 1 aromatic rings. The molecule has 1 fully saturated rings. The molecule has 1 aliphatic rings. The Morgan fingerprint density at radius 3 is 2.82 bits per heavy atom. The first-order valence-corrected chi connectivity index (χ1v) is 5.67. The van der Waals surface area contributed by atoms with Crippen LogP contribution < -0.4 is 9.64 Å². The fourth-order valence-corrected chi connectivity index (χ4v) is 2.02. The first-order chi connectivity index (χ1) is 8.20. The Bertz CT molecular complexity index is 374. The van der Waals surface area contributed by atoms with Crippen molar-refractivity contribution in [3.05, 3.63) is 12.4 Å². The third kappa shape index (κ3) is 2.83. The topological polar surface area (TPSA) is 61.7 Å². The van der Waals surface area contributed by atoms with Crippen LogP contribution in [0.2, 0.25) is 0 Å². The number of aliphatic hydroxyl groups excluding tert-OH is 1. The van der Waals surface area contributed by atoms with Gasteiger partial charge >= 0.3 is 0 Å². The average Bonchev–Trinajstić information content (AvgIpc) is 2.50. The lowest BCUT2D eigenvalue weighted by atomic mass is 10.3. The smallest absolute Gasteiger partial charge is 0.257 e. The van der Waals surface area contributed by atoms with Gasteiger partial charge in [-0.15, -0.1) is 0 Å². The molecule has 1 N–H and O–H groups in total. The predicted molar refractivity (Wildman–Crippen MR) is 64.3 cm³/mol. The third-order valence-electron chi connectivity index (χ3n) is 2.84. The Hall–Kier alpha value is -1.40. The number of ether oxygens (including phenoxy) is 1. The summed E-state index contributed by atoms with van der Waals surface area (Å²) in [4.78, 5) is 12.5. The lowest BCUT2D eigenvalue weighted by molar-refractivity contribution is 0.145. The van der Waals surface area contributed by atoms with Crippen LogP contribution >= 0.6 is 0 Å². The lowest BCUT2D eigenvalue weighted by Crippen LogP contribution is -2.33. The molecule has 17 heavy (non-hydrogen) atoms. The van der Waals surface area contributed by atoms with Gasteiger partial charge in [0.2, 0.25) is 0 Å². The van der Waals surface area contributed by atoms with Gasteiger partial charge in [0.1, 0.15) is 0 Å². The molecule has 6 nitrogen and oxygen atoms in total. The highest BCUT2D eigenvalue weighted by atomic mass is 16.5. The summed E-state index contributed by atoms with van der Waals surface area (Å²) in [5, 5.41) is 9.88. The van der Waals surface area contributed by atoms with Gasteiger partial charge in [-0.1, -0.05) is 0 Å². The van der Waals surface area contributed by atoms with Crippen LogP contribution in [0.4, 0.5) is 5.82 Å². The molecule has 0 aliphatic carbocycles. The van der Waals surface area contributed by atoms with Gasteiger partial charge in [0.15, 0.2) is 5.82 Å². The van der Waals surface area contributed by atoms with Crippen molar-refractivity contribution in [1.29, 1.82) is 0 Å². The van der Waals surface area contributed by atoms with Crippen molar-refractivity contribution in [1.82, 2.24) is 14.9 Å². The normalized spacial score (nSPS) is 22.3. The van der Waals surface area contributed by atoms with Crippen molar-refractivity contribution in [3.63, 3.8) is 0 Å². The van der Waals surface area contributed by atoms with Gasteiger partial charge in [-0.25, -0.2) is 9.97 Å². The molecule has 0 aromatic carbocycles. The zero-order chi connectivity index (χ0) is 12.3. The second kappa shape index (κ2) is 5.29. The number of hydrogen-bond donors (Lipinski definition) is 1. The number of likely N-dealkylation sites (N-methyl/N-ethyl adjacent to an activating group) is 1. The number of hydrogen-bond acceptors (Lipinski definition) is 6. The largest absolute Gasteiger partial charge is 0.478 e. The second-order valence-electron chi connectivity index (χ2n) is 4.25. The number of nitrogens with zero attached hydrogens (tertiary/aromatic N) is 4. The van der Waals surface area contributed by atoms with Crippen LogP contribution in [0, 0.1) is 0 Å². The summed E-state index contributed by atoms with van der Waals surface area (Å²) in [5.74, 6) is 1.20. The zero-order valence-corrected chi connectivity index (χ0v) is 10.2. The number of β-amino-alcohol motifs (C(OH)–C–C–N with tert-alkyl or cyclic N) is 1. The van der Waals surface area contributed by atoms with Crippen molar-refractivity contribution in [2.24, 2.45) is 0 Å². The molecule has 0 bridgehead atoms. The van der Waals surface area contributed by atoms with Crippen molar-refractivity contribution < 1.29 is 9.84 Å². The van der Waals surface area contributed by atoms with Crippen LogP contribution in [0.3, 0.4) is 0 Å². The van der Waals surface area contributed by atoms with Crippen LogP contribution in [0.25, 0.3) is 0 Å². The van der Waals surface area contributed by atoms with Crippen LogP contribution in [0.1, 0.15) is 0 Å². The standard InChI is InChI=1S/C11H18N4O2/c1-14-5-6-15(8-9(16)7-14)10-11(17-2)13-4-3-12-10/h3-4,9,16H,5-8H2,1-2H3. The summed E-state index contributed by atoms with van der Waals surface area (Å²) >= 11 is 0. The van der Waals surface area contributed by atoms with Gasteiger partial charge in [-0.3, -0.25) is 0 Å². The van der Waals surface area contributed by atoms with Crippen LogP contribution in [-0.4, -0.2) is 66.4 Å². The van der Waals surface area contributed by atoms with E-state index < -0.39 is 0 Å². The molecular formula is C11H18N4O2. The lowest BCUT2D eigenvalue weighted by Gasteiger charge is -2.23. The Labute approximate surface area is 101 Å². The van der Waals surface area contributed by atoms with E-state index in [-0.39, 0.29) is 6.10 Å². The number of rotatable bonds is 2. The minimum absolute atomic E-state index is 0.380. The Balaban J connectivity index is 2.20. The molecule has 1 aliphatic heterocycles. The van der Waals surface area contributed by atoms with Gasteiger partial charge in [0.25, 0.3) is 5.88 Å². The van der Waals surface area contributed by atoms with Crippen LogP contribution in [0.5, 0.6) is 5.88 Å². The maximum Gasteiger partial charge on any atom is 0.257 e. The maximum absolute atomic E-state index is 9.88. The molecule has 6 heteroatoms. The van der Waals surface area contributed by atoms with Gasteiger partial charge in [-0.05, 0) is 7.05 Å². The minimum Gasteiger partial charge on any atom is -0.478 e. The number of aliphatic hydroxyl groups is 1. The quantitative estimate of drug-likeness (QED) is 0.756. The molecule has 2 heterocycles. The van der Waals surface area contributed by atoms with Crippen LogP contribution in [0.15, 0.2) is 12.4 Å². The summed E-state index contributed by atoms with van der Waals surface area (Å²) in [7, 11) is 3.58. The summed E-state index contributed by atoms with van der Waals surface area (Å²) in [5.41, 5.74) is 0. The van der Waals surface area contributed by atoms with E-state index in [1.54, 1.807) is 19.5 Å². The minimum atomic E-state index is -0.380. The molecular weight excluding hydrogens is 220 g/mol. The molecule has 94 valence electrons. The average molecular weight is 238 g/mol. The fourth-order valence-electron chi connectivity index (χ4n) is 2.02. The first-order valence-electron chi connectivity index (χ1n) is 5.67. The van der Waals surface area contributed by atoms with E-state index in [2.05, 4.69) is 14.9 Å². The summed E-state index contributed by atoms with van der Waals surface area (Å²) in [6.07, 6.45) is 2.86. The van der Waals surface area contributed by atoms with E-state index in [9.17, 15) is 5.11 Å². The zero-order valence-electron chi connectivity index (χ0n) is 10.2. The van der Waals surface area contributed by atoms with E-state index in [1.165, 1.54) is 0 Å². The molecule has 1 atom stereocenters. The molecule has 1 saturated heterocycles. The van der Waals surface area contributed by atoms with Crippen molar-refractivity contribution in [2.45, 2.75) is 6.10 Å². The molecule has 0 amide bonds. The number of methoxy groups -OCH3 is 1. The van der Waals surface area contributed by atoms with Crippen molar-refractivity contribution in [2.75, 3.05) is 45.2 Å². The molecule has 0 saturated carbocycles. The summed E-state index contributed by atoms with van der Waals surface area (Å²) < 4.78 is 5.19. The third-order valence-corrected chi connectivity index (χ3v) is 2.84. The first kappa shape index (κ1) is 12.1. The highest BCUT2D eigenvalue weighted by molar-refractivity contribution is 5.48. The fraction of sp³-hybridized carbons (Fsp3) is 0.636. The van der Waals surface area contributed by atoms with E-state index in [0.29, 0.717) is 24.8 Å². The van der Waals surface area contributed by atoms with Crippen molar-refractivity contribution in [3.8, 4) is 5.88 Å².